The number of aliphatic hydroxyl groups excluding tert-OH is 2. The molecule has 0 aliphatic carbocycles. The number of ether oxygens (including phenoxy) is 3. The van der Waals surface area contributed by atoms with E-state index in [2.05, 4.69) is 6.92 Å². The highest BCUT2D eigenvalue weighted by atomic mass is 16.5. The van der Waals surface area contributed by atoms with Gasteiger partial charge in [-0.2, -0.15) is 0 Å². The highest BCUT2D eigenvalue weighted by Gasteiger charge is 2.19. The van der Waals surface area contributed by atoms with E-state index in [0.717, 1.165) is 64.2 Å². The van der Waals surface area contributed by atoms with Crippen LogP contribution in [0.15, 0.2) is 12.1 Å². The van der Waals surface area contributed by atoms with Gasteiger partial charge in [0.15, 0.2) is 11.5 Å². The van der Waals surface area contributed by atoms with Crippen molar-refractivity contribution in [1.29, 1.82) is 0 Å². The van der Waals surface area contributed by atoms with Crippen molar-refractivity contribution in [3.63, 3.8) is 0 Å². The van der Waals surface area contributed by atoms with E-state index in [1.54, 1.807) is 12.1 Å². The zero-order chi connectivity index (χ0) is 36.2. The summed E-state index contributed by atoms with van der Waals surface area (Å²) < 4.78 is 18.7. The summed E-state index contributed by atoms with van der Waals surface area (Å²) in [6.45, 7) is 4.49. The third kappa shape index (κ3) is 26.8. The van der Waals surface area contributed by atoms with E-state index in [4.69, 9.17) is 24.4 Å². The molecule has 7 heteroatoms. The van der Waals surface area contributed by atoms with Crippen LogP contribution >= 0.6 is 0 Å². The van der Waals surface area contributed by atoms with Gasteiger partial charge in [-0.1, -0.05) is 167 Å². The van der Waals surface area contributed by atoms with Crippen molar-refractivity contribution in [1.82, 2.24) is 0 Å². The molecule has 292 valence electrons. The Morgan fingerprint density at radius 3 is 1.02 bits per heavy atom. The lowest BCUT2D eigenvalue weighted by molar-refractivity contribution is 0.0695. The number of aromatic carboxylic acids is 1. The molecule has 0 aliphatic heterocycles. The van der Waals surface area contributed by atoms with Crippen molar-refractivity contribution in [2.24, 2.45) is 0 Å². The van der Waals surface area contributed by atoms with Gasteiger partial charge in [-0.05, 0) is 44.2 Å². The predicted octanol–water partition coefficient (Wildman–Crippen LogP) is 12.2. The molecular formula is C43H78O7. The maximum atomic E-state index is 12.1. The minimum absolute atomic E-state index is 0.167. The molecule has 3 N–H and O–H groups in total. The van der Waals surface area contributed by atoms with Gasteiger partial charge in [-0.15, -0.1) is 0 Å². The Hall–Kier alpha value is -1.99. The highest BCUT2D eigenvalue weighted by Crippen LogP contribution is 2.39. The molecule has 0 unspecified atom stereocenters. The number of carbonyl (C=O) groups is 1. The van der Waals surface area contributed by atoms with Crippen LogP contribution in [0.3, 0.4) is 0 Å². The van der Waals surface area contributed by atoms with Gasteiger partial charge in [0, 0.05) is 13.2 Å². The lowest BCUT2D eigenvalue weighted by Gasteiger charge is -2.18. The third-order valence-corrected chi connectivity index (χ3v) is 9.63. The fraction of sp³-hybridized carbons (Fsp3) is 0.837. The zero-order valence-corrected chi connectivity index (χ0v) is 32.4. The van der Waals surface area contributed by atoms with Gasteiger partial charge >= 0.3 is 5.97 Å². The fourth-order valence-corrected chi connectivity index (χ4v) is 6.44. The van der Waals surface area contributed by atoms with Gasteiger partial charge in [0.25, 0.3) is 0 Å². The van der Waals surface area contributed by atoms with Crippen LogP contribution in [0, 0.1) is 0 Å². The molecular weight excluding hydrogens is 628 g/mol. The topological polar surface area (TPSA) is 105 Å². The number of hydrogen-bond acceptors (Lipinski definition) is 6. The van der Waals surface area contributed by atoms with Crippen LogP contribution in [0.5, 0.6) is 17.2 Å². The SMILES string of the molecule is CCCCCCCCCCCCOc1cc(C(=O)O)cc(OCCCCCCCCCCCCO)c1OCCCCCCCCCCCCO. The minimum Gasteiger partial charge on any atom is -0.490 e. The Labute approximate surface area is 307 Å². The number of rotatable bonds is 39. The summed E-state index contributed by atoms with van der Waals surface area (Å²) in [7, 11) is 0. The van der Waals surface area contributed by atoms with Crippen LogP contribution < -0.4 is 14.2 Å². The van der Waals surface area contributed by atoms with Crippen molar-refractivity contribution in [2.75, 3.05) is 33.0 Å². The number of aliphatic hydroxyl groups is 2. The van der Waals surface area contributed by atoms with E-state index >= 15 is 0 Å². The first-order valence-electron chi connectivity index (χ1n) is 21.2. The molecule has 50 heavy (non-hydrogen) atoms. The molecule has 0 atom stereocenters. The molecule has 0 saturated carbocycles. The largest absolute Gasteiger partial charge is 0.490 e. The number of benzene rings is 1. The molecule has 1 rings (SSSR count). The van der Waals surface area contributed by atoms with Crippen LogP contribution in [0.25, 0.3) is 0 Å². The number of carboxylic acids is 1. The van der Waals surface area contributed by atoms with Crippen molar-refractivity contribution in [2.45, 2.75) is 200 Å². The van der Waals surface area contributed by atoms with E-state index in [9.17, 15) is 9.90 Å². The summed E-state index contributed by atoms with van der Waals surface area (Å²) in [5.74, 6) is 0.518. The molecule has 7 nitrogen and oxygen atoms in total. The molecule has 0 fully saturated rings. The maximum Gasteiger partial charge on any atom is 0.335 e. The second kappa shape index (κ2) is 35.4. The standard InChI is InChI=1S/C43H78O7/c1-2-3-4-5-6-7-14-19-24-29-34-48-40-37-39(43(46)47)38-41(49-35-30-25-20-15-10-8-12-17-22-27-32-44)42(40)50-36-31-26-21-16-11-9-13-18-23-28-33-45/h37-38,44-45H,2-36H2,1H3,(H,46,47). The lowest BCUT2D eigenvalue weighted by Crippen LogP contribution is -2.08. The van der Waals surface area contributed by atoms with Crippen LogP contribution in [0.2, 0.25) is 0 Å². The maximum absolute atomic E-state index is 12.1. The Morgan fingerprint density at radius 1 is 0.440 bits per heavy atom. The molecule has 0 bridgehead atoms. The fourth-order valence-electron chi connectivity index (χ4n) is 6.44. The lowest BCUT2D eigenvalue weighted by atomic mass is 10.1. The van der Waals surface area contributed by atoms with E-state index in [0.29, 0.717) is 50.3 Å². The first kappa shape index (κ1) is 46.0. The Bertz CT molecular complexity index is 890. The quantitative estimate of drug-likeness (QED) is 0.0585. The molecule has 0 aliphatic rings. The highest BCUT2D eigenvalue weighted by molar-refractivity contribution is 5.89. The van der Waals surface area contributed by atoms with Crippen LogP contribution in [-0.2, 0) is 0 Å². The van der Waals surface area contributed by atoms with Gasteiger partial charge < -0.3 is 29.5 Å². The average Bonchev–Trinajstić information content (AvgIpc) is 3.11. The Balaban J connectivity index is 2.59. The summed E-state index contributed by atoms with van der Waals surface area (Å²) in [6, 6.07) is 3.20. The summed E-state index contributed by atoms with van der Waals surface area (Å²) in [5.41, 5.74) is 0.167. The summed E-state index contributed by atoms with van der Waals surface area (Å²) >= 11 is 0. The van der Waals surface area contributed by atoms with Crippen molar-refractivity contribution in [3.05, 3.63) is 17.7 Å². The normalized spacial score (nSPS) is 11.3. The molecule has 0 aromatic heterocycles. The molecule has 1 aromatic carbocycles. The Kier molecular flexibility index (Phi) is 32.6. The molecule has 0 saturated heterocycles. The molecule has 0 radical (unpaired) electrons. The first-order chi connectivity index (χ1) is 24.6. The van der Waals surface area contributed by atoms with Gasteiger partial charge in [0.05, 0.1) is 25.4 Å². The Morgan fingerprint density at radius 2 is 0.720 bits per heavy atom. The second-order valence-electron chi connectivity index (χ2n) is 14.4. The van der Waals surface area contributed by atoms with Crippen LogP contribution in [-0.4, -0.2) is 54.3 Å². The van der Waals surface area contributed by atoms with E-state index in [-0.39, 0.29) is 5.56 Å². The number of carboxylic acid groups (broad SMARTS) is 1. The van der Waals surface area contributed by atoms with Gasteiger partial charge in [-0.3, -0.25) is 0 Å². The summed E-state index contributed by atoms with van der Waals surface area (Å²) in [4.78, 5) is 12.1. The van der Waals surface area contributed by atoms with Gasteiger partial charge in [0.2, 0.25) is 5.75 Å². The van der Waals surface area contributed by atoms with Crippen LogP contribution in [0.4, 0.5) is 0 Å². The average molecular weight is 707 g/mol. The summed E-state index contributed by atoms with van der Waals surface area (Å²) in [6.07, 6.45) is 35.5. The van der Waals surface area contributed by atoms with Crippen molar-refractivity contribution in [3.8, 4) is 17.2 Å². The van der Waals surface area contributed by atoms with Gasteiger partial charge in [-0.25, -0.2) is 4.79 Å². The molecule has 1 aromatic rings. The third-order valence-electron chi connectivity index (χ3n) is 9.63. The van der Waals surface area contributed by atoms with E-state index < -0.39 is 5.97 Å². The smallest absolute Gasteiger partial charge is 0.335 e. The van der Waals surface area contributed by atoms with E-state index in [1.165, 1.54) is 128 Å². The molecule has 0 spiro atoms. The summed E-state index contributed by atoms with van der Waals surface area (Å²) in [5, 5.41) is 27.7. The second-order valence-corrected chi connectivity index (χ2v) is 14.4. The predicted molar refractivity (Wildman–Crippen MR) is 208 cm³/mol. The first-order valence-corrected chi connectivity index (χ1v) is 21.2. The van der Waals surface area contributed by atoms with Gasteiger partial charge in [0.1, 0.15) is 0 Å². The number of unbranched alkanes of at least 4 members (excludes halogenated alkanes) is 27. The molecule has 0 amide bonds. The monoisotopic (exact) mass is 707 g/mol. The van der Waals surface area contributed by atoms with Crippen molar-refractivity contribution >= 4 is 5.97 Å². The minimum atomic E-state index is -0.991. The zero-order valence-electron chi connectivity index (χ0n) is 32.4. The molecule has 0 heterocycles. The number of hydrogen-bond donors (Lipinski definition) is 3. The van der Waals surface area contributed by atoms with Crippen LogP contribution in [0.1, 0.15) is 210 Å². The van der Waals surface area contributed by atoms with Crippen molar-refractivity contribution < 1.29 is 34.3 Å². The van der Waals surface area contributed by atoms with E-state index in [1.807, 2.05) is 0 Å².